The fourth-order valence-corrected chi connectivity index (χ4v) is 3.12. The predicted molar refractivity (Wildman–Crippen MR) is 81.1 cm³/mol. The first-order valence-corrected chi connectivity index (χ1v) is 7.87. The number of anilines is 2. The number of halogens is 1. The van der Waals surface area contributed by atoms with Gasteiger partial charge < -0.3 is 5.73 Å². The van der Waals surface area contributed by atoms with Crippen LogP contribution in [0.3, 0.4) is 0 Å². The lowest BCUT2D eigenvalue weighted by Crippen LogP contribution is -2.16. The Morgan fingerprint density at radius 1 is 1.20 bits per heavy atom. The minimum Gasteiger partial charge on any atom is -0.399 e. The van der Waals surface area contributed by atoms with Crippen molar-refractivity contribution >= 4 is 33.0 Å². The Morgan fingerprint density at radius 3 is 2.45 bits per heavy atom. The highest BCUT2D eigenvalue weighted by molar-refractivity contribution is 7.91. The van der Waals surface area contributed by atoms with E-state index in [1.54, 1.807) is 37.3 Å². The molecule has 5 nitrogen and oxygen atoms in total. The average Bonchev–Trinajstić information content (AvgIpc) is 2.35. The van der Waals surface area contributed by atoms with Gasteiger partial charge in [0.15, 0.2) is 0 Å². The highest BCUT2D eigenvalue weighted by atomic mass is 35.5. The molecule has 0 aliphatic carbocycles. The molecule has 0 bridgehead atoms. The smallest absolute Gasteiger partial charge is 0.236 e. The van der Waals surface area contributed by atoms with Crippen LogP contribution in [0, 0.1) is 6.92 Å². The Hall–Kier alpha value is -1.79. The minimum absolute atomic E-state index is 0.130. The highest BCUT2D eigenvalue weighted by Crippen LogP contribution is 2.18. The zero-order valence-electron chi connectivity index (χ0n) is 10.8. The Balaban J connectivity index is 2.17. The van der Waals surface area contributed by atoms with E-state index < -0.39 is 10.0 Å². The number of hydrogen-bond acceptors (Lipinski definition) is 4. The molecule has 0 saturated heterocycles. The SMILES string of the molecule is Cc1nc(Cl)ccc1NS(=O)(=O)Cc1ccc(N)cc1. The van der Waals surface area contributed by atoms with Crippen molar-refractivity contribution in [2.75, 3.05) is 10.5 Å². The molecule has 0 amide bonds. The molecular weight excluding hydrogens is 298 g/mol. The maximum Gasteiger partial charge on any atom is 0.236 e. The first-order valence-electron chi connectivity index (χ1n) is 5.84. The first kappa shape index (κ1) is 14.6. The molecule has 1 aromatic heterocycles. The van der Waals surface area contributed by atoms with Crippen molar-refractivity contribution in [1.29, 1.82) is 0 Å². The number of hydrogen-bond donors (Lipinski definition) is 2. The normalized spacial score (nSPS) is 11.3. The molecule has 0 unspecified atom stereocenters. The third kappa shape index (κ3) is 3.85. The van der Waals surface area contributed by atoms with Crippen LogP contribution in [0.5, 0.6) is 0 Å². The summed E-state index contributed by atoms with van der Waals surface area (Å²) in [7, 11) is -3.51. The zero-order valence-corrected chi connectivity index (χ0v) is 12.4. The molecule has 2 rings (SSSR count). The number of sulfonamides is 1. The first-order chi connectivity index (χ1) is 9.35. The third-order valence-electron chi connectivity index (χ3n) is 2.65. The number of nitrogens with two attached hydrogens (primary N) is 1. The van der Waals surface area contributed by atoms with Crippen molar-refractivity contribution < 1.29 is 8.42 Å². The number of nitrogens with one attached hydrogen (secondary N) is 1. The molecule has 7 heteroatoms. The largest absolute Gasteiger partial charge is 0.399 e. The van der Waals surface area contributed by atoms with Crippen LogP contribution < -0.4 is 10.5 Å². The summed E-state index contributed by atoms with van der Waals surface area (Å²) < 4.78 is 26.7. The van der Waals surface area contributed by atoms with Gasteiger partial charge in [0.1, 0.15) is 5.15 Å². The summed E-state index contributed by atoms with van der Waals surface area (Å²) >= 11 is 5.73. The van der Waals surface area contributed by atoms with E-state index in [9.17, 15) is 8.42 Å². The lowest BCUT2D eigenvalue weighted by atomic mass is 10.2. The second-order valence-electron chi connectivity index (χ2n) is 4.37. The summed E-state index contributed by atoms with van der Waals surface area (Å²) in [6.45, 7) is 1.69. The minimum atomic E-state index is -3.51. The topological polar surface area (TPSA) is 85.1 Å². The van der Waals surface area contributed by atoms with E-state index in [1.807, 2.05) is 0 Å². The maximum absolute atomic E-state index is 12.1. The van der Waals surface area contributed by atoms with Gasteiger partial charge in [-0.25, -0.2) is 13.4 Å². The van der Waals surface area contributed by atoms with Crippen LogP contribution >= 0.6 is 11.6 Å². The summed E-state index contributed by atoms with van der Waals surface area (Å²) in [5.41, 5.74) is 7.76. The summed E-state index contributed by atoms with van der Waals surface area (Å²) in [5, 5.41) is 0.323. The van der Waals surface area contributed by atoms with E-state index in [0.717, 1.165) is 0 Å². The van der Waals surface area contributed by atoms with Gasteiger partial charge in [-0.2, -0.15) is 0 Å². The summed E-state index contributed by atoms with van der Waals surface area (Å²) in [4.78, 5) is 4.00. The molecule has 0 spiro atoms. The van der Waals surface area contributed by atoms with Gasteiger partial charge in [-0.3, -0.25) is 4.72 Å². The number of nitrogens with zero attached hydrogens (tertiary/aromatic N) is 1. The number of aryl methyl sites for hydroxylation is 1. The summed E-state index contributed by atoms with van der Waals surface area (Å²) in [6.07, 6.45) is 0. The van der Waals surface area contributed by atoms with Gasteiger partial charge >= 0.3 is 0 Å². The van der Waals surface area contributed by atoms with Crippen molar-refractivity contribution in [2.45, 2.75) is 12.7 Å². The van der Waals surface area contributed by atoms with Crippen molar-refractivity contribution in [3.63, 3.8) is 0 Å². The van der Waals surface area contributed by atoms with Crippen LogP contribution in [-0.4, -0.2) is 13.4 Å². The highest BCUT2D eigenvalue weighted by Gasteiger charge is 2.13. The van der Waals surface area contributed by atoms with Crippen molar-refractivity contribution in [1.82, 2.24) is 4.98 Å². The second-order valence-corrected chi connectivity index (χ2v) is 6.48. The molecule has 3 N–H and O–H groups in total. The van der Waals surface area contributed by atoms with E-state index in [1.165, 1.54) is 6.07 Å². The van der Waals surface area contributed by atoms with E-state index >= 15 is 0 Å². The number of aromatic nitrogens is 1. The molecule has 0 radical (unpaired) electrons. The molecule has 0 saturated carbocycles. The Bertz CT molecular complexity index is 715. The molecule has 0 aliphatic rings. The second kappa shape index (κ2) is 5.68. The predicted octanol–water partition coefficient (Wildman–Crippen LogP) is 2.57. The van der Waals surface area contributed by atoms with Crippen LogP contribution in [-0.2, 0) is 15.8 Å². The zero-order chi connectivity index (χ0) is 14.8. The molecule has 1 aromatic carbocycles. The van der Waals surface area contributed by atoms with Gasteiger partial charge in [0, 0.05) is 5.69 Å². The standard InChI is InChI=1S/C13H14ClN3O2S/c1-9-12(6-7-13(14)16-9)17-20(18,19)8-10-2-4-11(15)5-3-10/h2-7,17H,8,15H2,1H3. The van der Waals surface area contributed by atoms with Gasteiger partial charge in [0.2, 0.25) is 10.0 Å². The van der Waals surface area contributed by atoms with E-state index in [2.05, 4.69) is 9.71 Å². The molecule has 2 aromatic rings. The van der Waals surface area contributed by atoms with Gasteiger partial charge in [-0.1, -0.05) is 23.7 Å². The molecule has 106 valence electrons. The molecule has 0 aliphatic heterocycles. The monoisotopic (exact) mass is 311 g/mol. The van der Waals surface area contributed by atoms with Gasteiger partial charge in [-0.05, 0) is 36.8 Å². The van der Waals surface area contributed by atoms with Crippen LogP contribution in [0.1, 0.15) is 11.3 Å². The van der Waals surface area contributed by atoms with Gasteiger partial charge in [0.25, 0.3) is 0 Å². The number of benzene rings is 1. The lowest BCUT2D eigenvalue weighted by Gasteiger charge is -2.10. The van der Waals surface area contributed by atoms with Crippen molar-refractivity contribution in [3.8, 4) is 0 Å². The van der Waals surface area contributed by atoms with Crippen LogP contribution in [0.4, 0.5) is 11.4 Å². The number of pyridine rings is 1. The fraction of sp³-hybridized carbons (Fsp3) is 0.154. The molecule has 0 atom stereocenters. The van der Waals surface area contributed by atoms with Crippen molar-refractivity contribution in [3.05, 3.63) is 52.8 Å². The van der Waals surface area contributed by atoms with Crippen LogP contribution in [0.2, 0.25) is 5.15 Å². The molecule has 1 heterocycles. The fourth-order valence-electron chi connectivity index (χ4n) is 1.68. The third-order valence-corrected chi connectivity index (χ3v) is 4.11. The molecule has 0 fully saturated rings. The molecular formula is C13H14ClN3O2S. The summed E-state index contributed by atoms with van der Waals surface area (Å²) in [5.74, 6) is -0.130. The van der Waals surface area contributed by atoms with Crippen molar-refractivity contribution in [2.24, 2.45) is 0 Å². The number of rotatable bonds is 4. The van der Waals surface area contributed by atoms with Crippen LogP contribution in [0.25, 0.3) is 0 Å². The average molecular weight is 312 g/mol. The van der Waals surface area contributed by atoms with E-state index in [0.29, 0.717) is 27.8 Å². The van der Waals surface area contributed by atoms with E-state index in [4.69, 9.17) is 17.3 Å². The van der Waals surface area contributed by atoms with Crippen LogP contribution in [0.15, 0.2) is 36.4 Å². The maximum atomic E-state index is 12.1. The van der Waals surface area contributed by atoms with E-state index in [-0.39, 0.29) is 5.75 Å². The molecule has 20 heavy (non-hydrogen) atoms. The number of nitrogen functional groups attached to an aromatic ring is 1. The Kier molecular flexibility index (Phi) is 4.15. The Morgan fingerprint density at radius 2 is 1.85 bits per heavy atom. The Labute approximate surface area is 122 Å². The summed E-state index contributed by atoms with van der Waals surface area (Å²) in [6, 6.07) is 9.82. The van der Waals surface area contributed by atoms with Gasteiger partial charge in [-0.15, -0.1) is 0 Å². The van der Waals surface area contributed by atoms with Gasteiger partial charge in [0.05, 0.1) is 17.1 Å². The quantitative estimate of drug-likeness (QED) is 0.671. The lowest BCUT2D eigenvalue weighted by molar-refractivity contribution is 0.600.